The zero-order valence-corrected chi connectivity index (χ0v) is 15.3. The van der Waals surface area contributed by atoms with Gasteiger partial charge >= 0.3 is 0 Å². The van der Waals surface area contributed by atoms with Crippen LogP contribution in [0.25, 0.3) is 11.0 Å². The summed E-state index contributed by atoms with van der Waals surface area (Å²) in [5, 5.41) is 2.98. The molecule has 6 heteroatoms. The van der Waals surface area contributed by atoms with Crippen molar-refractivity contribution in [2.45, 2.75) is 17.2 Å². The molecule has 124 valence electrons. The number of hydrogen-bond donors (Lipinski definition) is 1. The Morgan fingerprint density at radius 2 is 2.00 bits per heavy atom. The highest BCUT2D eigenvalue weighted by atomic mass is 32.2. The van der Waals surface area contributed by atoms with Crippen LogP contribution in [0.1, 0.15) is 5.82 Å². The van der Waals surface area contributed by atoms with Crippen LogP contribution < -0.4 is 5.32 Å². The molecule has 1 amide bonds. The van der Waals surface area contributed by atoms with Crippen LogP contribution in [-0.2, 0) is 17.1 Å². The van der Waals surface area contributed by atoms with Crippen molar-refractivity contribution in [3.8, 4) is 0 Å². The van der Waals surface area contributed by atoms with Crippen molar-refractivity contribution in [1.29, 1.82) is 0 Å². The average molecular weight is 358 g/mol. The number of rotatable bonds is 6. The second kappa shape index (κ2) is 7.77. The molecule has 4 nitrogen and oxygen atoms in total. The standard InChI is InChI=1S/C18H19N3OS2/c1-23-12-17-20-15-8-3-4-9-16(15)21(17)11-18(22)19-13-6-5-7-14(10-13)24-2/h3-10H,11-12H2,1-2H3,(H,19,22). The highest BCUT2D eigenvalue weighted by molar-refractivity contribution is 7.98. The largest absolute Gasteiger partial charge is 0.324 e. The minimum atomic E-state index is -0.0428. The Kier molecular flexibility index (Phi) is 5.48. The van der Waals surface area contributed by atoms with Crippen LogP contribution in [0.3, 0.4) is 0 Å². The van der Waals surface area contributed by atoms with Crippen molar-refractivity contribution in [3.63, 3.8) is 0 Å². The number of carbonyl (C=O) groups is 1. The number of thioether (sulfide) groups is 2. The summed E-state index contributed by atoms with van der Waals surface area (Å²) in [7, 11) is 0. The number of carbonyl (C=O) groups excluding carboxylic acids is 1. The third kappa shape index (κ3) is 3.76. The van der Waals surface area contributed by atoms with Crippen molar-refractivity contribution in [1.82, 2.24) is 9.55 Å². The Morgan fingerprint density at radius 3 is 2.79 bits per heavy atom. The zero-order valence-electron chi connectivity index (χ0n) is 13.7. The summed E-state index contributed by atoms with van der Waals surface area (Å²) in [6.07, 6.45) is 4.06. The second-order valence-corrected chi connectivity index (χ2v) is 7.06. The Morgan fingerprint density at radius 1 is 1.17 bits per heavy atom. The molecule has 24 heavy (non-hydrogen) atoms. The number of nitrogens with one attached hydrogen (secondary N) is 1. The van der Waals surface area contributed by atoms with Gasteiger partial charge in [-0.05, 0) is 42.8 Å². The minimum Gasteiger partial charge on any atom is -0.324 e. The normalized spacial score (nSPS) is 10.9. The molecular weight excluding hydrogens is 338 g/mol. The summed E-state index contributed by atoms with van der Waals surface area (Å²) in [4.78, 5) is 18.3. The number of anilines is 1. The molecule has 0 saturated carbocycles. The molecule has 0 saturated heterocycles. The van der Waals surface area contributed by atoms with E-state index >= 15 is 0 Å². The Hall–Kier alpha value is -1.92. The first-order chi connectivity index (χ1) is 11.7. The van der Waals surface area contributed by atoms with E-state index in [9.17, 15) is 4.79 Å². The summed E-state index contributed by atoms with van der Waals surface area (Å²) in [5.41, 5.74) is 2.75. The molecule has 0 bridgehead atoms. The van der Waals surface area contributed by atoms with E-state index < -0.39 is 0 Å². The van der Waals surface area contributed by atoms with Crippen LogP contribution in [0.5, 0.6) is 0 Å². The van der Waals surface area contributed by atoms with E-state index in [0.29, 0.717) is 0 Å². The summed E-state index contributed by atoms with van der Waals surface area (Å²) in [6, 6.07) is 15.8. The number of hydrogen-bond acceptors (Lipinski definition) is 4. The Balaban J connectivity index is 1.83. The molecule has 0 spiro atoms. The van der Waals surface area contributed by atoms with Gasteiger partial charge in [-0.1, -0.05) is 18.2 Å². The van der Waals surface area contributed by atoms with Gasteiger partial charge in [0, 0.05) is 10.6 Å². The first-order valence-electron chi connectivity index (χ1n) is 7.58. The third-order valence-electron chi connectivity index (χ3n) is 3.66. The topological polar surface area (TPSA) is 46.9 Å². The molecule has 0 aliphatic rings. The average Bonchev–Trinajstić information content (AvgIpc) is 2.93. The van der Waals surface area contributed by atoms with E-state index in [-0.39, 0.29) is 12.5 Å². The predicted molar refractivity (Wildman–Crippen MR) is 104 cm³/mol. The number of benzene rings is 2. The SMILES string of the molecule is CSCc1nc2ccccc2n1CC(=O)Nc1cccc(SC)c1. The van der Waals surface area contributed by atoms with Gasteiger partial charge in [-0.25, -0.2) is 4.98 Å². The van der Waals surface area contributed by atoms with E-state index in [1.165, 1.54) is 0 Å². The van der Waals surface area contributed by atoms with Crippen LogP contribution >= 0.6 is 23.5 Å². The van der Waals surface area contributed by atoms with Crippen LogP contribution in [0, 0.1) is 0 Å². The molecular formula is C18H19N3OS2. The van der Waals surface area contributed by atoms with Crippen molar-refractivity contribution < 1.29 is 4.79 Å². The van der Waals surface area contributed by atoms with E-state index in [1.807, 2.05) is 65.6 Å². The summed E-state index contributed by atoms with van der Waals surface area (Å²) >= 11 is 3.36. The number of para-hydroxylation sites is 2. The van der Waals surface area contributed by atoms with Crippen molar-refractivity contribution in [3.05, 3.63) is 54.4 Å². The van der Waals surface area contributed by atoms with Gasteiger partial charge in [-0.15, -0.1) is 11.8 Å². The van der Waals surface area contributed by atoms with Crippen molar-refractivity contribution >= 4 is 46.2 Å². The fourth-order valence-electron chi connectivity index (χ4n) is 2.59. The lowest BCUT2D eigenvalue weighted by molar-refractivity contribution is -0.116. The molecule has 0 aliphatic heterocycles. The highest BCUT2D eigenvalue weighted by Crippen LogP contribution is 2.21. The van der Waals surface area contributed by atoms with Gasteiger partial charge in [0.25, 0.3) is 0 Å². The first-order valence-corrected chi connectivity index (χ1v) is 10.2. The van der Waals surface area contributed by atoms with Gasteiger partial charge < -0.3 is 9.88 Å². The molecule has 0 atom stereocenters. The Labute approximate surface area is 150 Å². The van der Waals surface area contributed by atoms with Crippen LogP contribution in [0.15, 0.2) is 53.4 Å². The maximum Gasteiger partial charge on any atom is 0.244 e. The number of amides is 1. The molecule has 1 aromatic heterocycles. The summed E-state index contributed by atoms with van der Waals surface area (Å²) < 4.78 is 2.00. The van der Waals surface area contributed by atoms with Gasteiger partial charge in [0.05, 0.1) is 16.8 Å². The van der Waals surface area contributed by atoms with E-state index in [4.69, 9.17) is 0 Å². The molecule has 0 unspecified atom stereocenters. The molecule has 0 fully saturated rings. The van der Waals surface area contributed by atoms with Crippen LogP contribution in [0.2, 0.25) is 0 Å². The first kappa shape index (κ1) is 16.9. The van der Waals surface area contributed by atoms with Gasteiger partial charge in [0.15, 0.2) is 0 Å². The van der Waals surface area contributed by atoms with Crippen LogP contribution in [0.4, 0.5) is 5.69 Å². The van der Waals surface area contributed by atoms with Gasteiger partial charge in [0.1, 0.15) is 12.4 Å². The zero-order chi connectivity index (χ0) is 16.9. The minimum absolute atomic E-state index is 0.0428. The fourth-order valence-corrected chi connectivity index (χ4v) is 3.52. The smallest absolute Gasteiger partial charge is 0.244 e. The maximum absolute atomic E-state index is 12.5. The number of imidazole rings is 1. The van der Waals surface area contributed by atoms with Gasteiger partial charge in [0.2, 0.25) is 5.91 Å². The molecule has 2 aromatic carbocycles. The second-order valence-electron chi connectivity index (χ2n) is 5.32. The molecule has 0 aliphatic carbocycles. The molecule has 0 radical (unpaired) electrons. The van der Waals surface area contributed by atoms with Crippen molar-refractivity contribution in [2.24, 2.45) is 0 Å². The number of fused-ring (bicyclic) bond motifs is 1. The summed E-state index contributed by atoms with van der Waals surface area (Å²) in [5.74, 6) is 1.67. The highest BCUT2D eigenvalue weighted by Gasteiger charge is 2.13. The van der Waals surface area contributed by atoms with Crippen molar-refractivity contribution in [2.75, 3.05) is 17.8 Å². The quantitative estimate of drug-likeness (QED) is 0.670. The third-order valence-corrected chi connectivity index (χ3v) is 4.93. The lowest BCUT2D eigenvalue weighted by Gasteiger charge is -2.10. The van der Waals surface area contributed by atoms with Crippen LogP contribution in [-0.4, -0.2) is 28.0 Å². The molecule has 1 heterocycles. The van der Waals surface area contributed by atoms with E-state index in [1.54, 1.807) is 23.5 Å². The molecule has 1 N–H and O–H groups in total. The fraction of sp³-hybridized carbons (Fsp3) is 0.222. The predicted octanol–water partition coefficient (Wildman–Crippen LogP) is 4.26. The molecule has 3 rings (SSSR count). The van der Waals surface area contributed by atoms with Gasteiger partial charge in [-0.3, -0.25) is 4.79 Å². The summed E-state index contributed by atoms with van der Waals surface area (Å²) in [6.45, 7) is 0.264. The number of nitrogens with zero attached hydrogens (tertiary/aromatic N) is 2. The lowest BCUT2D eigenvalue weighted by Crippen LogP contribution is -2.20. The number of aromatic nitrogens is 2. The van der Waals surface area contributed by atoms with E-state index in [0.717, 1.165) is 33.2 Å². The van der Waals surface area contributed by atoms with E-state index in [2.05, 4.69) is 10.3 Å². The maximum atomic E-state index is 12.5. The monoisotopic (exact) mass is 357 g/mol. The molecule has 3 aromatic rings. The lowest BCUT2D eigenvalue weighted by atomic mass is 10.3. The Bertz CT molecular complexity index is 860. The van der Waals surface area contributed by atoms with Gasteiger partial charge in [-0.2, -0.15) is 11.8 Å².